The summed E-state index contributed by atoms with van der Waals surface area (Å²) in [5.41, 5.74) is 3.31. The van der Waals surface area contributed by atoms with E-state index in [4.69, 9.17) is 4.42 Å². The summed E-state index contributed by atoms with van der Waals surface area (Å²) in [5.74, 6) is -1.11. The number of halogens is 1. The van der Waals surface area contributed by atoms with Gasteiger partial charge in [0.25, 0.3) is 5.22 Å². The molecule has 1 amide bonds. The van der Waals surface area contributed by atoms with Crippen molar-refractivity contribution in [3.05, 3.63) is 58.9 Å². The molecule has 3 aromatic rings. The van der Waals surface area contributed by atoms with Crippen molar-refractivity contribution in [3.8, 4) is 11.5 Å². The highest BCUT2D eigenvalue weighted by atomic mass is 32.2. The van der Waals surface area contributed by atoms with E-state index in [1.165, 1.54) is 19.1 Å². The number of rotatable bonds is 6. The number of nitrogens with one attached hydrogen (secondary N) is 1. The molecule has 0 aliphatic heterocycles. The van der Waals surface area contributed by atoms with Crippen molar-refractivity contribution >= 4 is 29.1 Å². The zero-order chi connectivity index (χ0) is 20.3. The first-order chi connectivity index (χ1) is 13.3. The smallest absolute Gasteiger partial charge is 0.277 e. The molecule has 0 fully saturated rings. The number of benzene rings is 2. The highest BCUT2D eigenvalue weighted by molar-refractivity contribution is 7.99. The summed E-state index contributed by atoms with van der Waals surface area (Å²) in [5, 5.41) is 10.6. The van der Waals surface area contributed by atoms with Crippen molar-refractivity contribution in [2.24, 2.45) is 0 Å². The molecule has 6 nitrogen and oxygen atoms in total. The normalized spacial score (nSPS) is 10.7. The first-order valence-corrected chi connectivity index (χ1v) is 9.46. The highest BCUT2D eigenvalue weighted by Gasteiger charge is 2.16. The number of carbonyl (C=O) groups excluding carboxylic acids is 2. The molecule has 1 aromatic heterocycles. The van der Waals surface area contributed by atoms with Gasteiger partial charge in [-0.15, -0.1) is 10.2 Å². The zero-order valence-electron chi connectivity index (χ0n) is 15.6. The lowest BCUT2D eigenvalue weighted by Crippen LogP contribution is -2.09. The van der Waals surface area contributed by atoms with Crippen molar-refractivity contribution < 1.29 is 18.4 Å². The maximum atomic E-state index is 14.1. The van der Waals surface area contributed by atoms with Gasteiger partial charge < -0.3 is 9.73 Å². The number of hydrogen-bond donors (Lipinski definition) is 1. The summed E-state index contributed by atoms with van der Waals surface area (Å²) in [6.07, 6.45) is 0. The van der Waals surface area contributed by atoms with Gasteiger partial charge in [0.15, 0.2) is 5.78 Å². The second kappa shape index (κ2) is 8.35. The summed E-state index contributed by atoms with van der Waals surface area (Å²) < 4.78 is 19.7. The fourth-order valence-corrected chi connectivity index (χ4v) is 3.13. The lowest BCUT2D eigenvalue weighted by molar-refractivity contribution is -0.114. The maximum absolute atomic E-state index is 14.1. The molecule has 1 N–H and O–H groups in total. The lowest BCUT2D eigenvalue weighted by Gasteiger charge is -2.05. The quantitative estimate of drug-likeness (QED) is 0.488. The number of anilines is 1. The van der Waals surface area contributed by atoms with Gasteiger partial charge in [-0.2, -0.15) is 0 Å². The van der Waals surface area contributed by atoms with Crippen LogP contribution in [-0.4, -0.2) is 27.6 Å². The minimum absolute atomic E-state index is 0.0506. The summed E-state index contributed by atoms with van der Waals surface area (Å²) in [7, 11) is 0. The Hall–Kier alpha value is -3.00. The highest BCUT2D eigenvalue weighted by Crippen LogP contribution is 2.26. The third kappa shape index (κ3) is 4.64. The molecule has 0 bridgehead atoms. The molecule has 28 heavy (non-hydrogen) atoms. The standard InChI is InChI=1S/C20H18FN3O3S/c1-11-4-5-14(8-12(11)2)19-23-24-20(27-19)28-10-18(26)16-7-6-15(9-17(16)21)22-13(3)25/h4-9H,10H2,1-3H3,(H,22,25). The summed E-state index contributed by atoms with van der Waals surface area (Å²) >= 11 is 1.04. The Morgan fingerprint density at radius 2 is 1.89 bits per heavy atom. The molecule has 0 radical (unpaired) electrons. The van der Waals surface area contributed by atoms with E-state index in [0.29, 0.717) is 11.6 Å². The second-order valence-electron chi connectivity index (χ2n) is 6.26. The predicted octanol–water partition coefficient (Wildman–Crippen LogP) is 4.43. The van der Waals surface area contributed by atoms with E-state index in [1.807, 2.05) is 32.0 Å². The molecule has 0 atom stereocenters. The van der Waals surface area contributed by atoms with Crippen LogP contribution < -0.4 is 5.32 Å². The Balaban J connectivity index is 1.66. The Morgan fingerprint density at radius 3 is 2.57 bits per heavy atom. The monoisotopic (exact) mass is 399 g/mol. The molecule has 0 saturated heterocycles. The van der Waals surface area contributed by atoms with Gasteiger partial charge in [-0.25, -0.2) is 4.39 Å². The number of carbonyl (C=O) groups is 2. The van der Waals surface area contributed by atoms with Gasteiger partial charge >= 0.3 is 0 Å². The van der Waals surface area contributed by atoms with Crippen LogP contribution in [0, 0.1) is 19.7 Å². The minimum Gasteiger partial charge on any atom is -0.411 e. The van der Waals surface area contributed by atoms with Crippen LogP contribution in [0.1, 0.15) is 28.4 Å². The number of aryl methyl sites for hydroxylation is 2. The number of hydrogen-bond acceptors (Lipinski definition) is 6. The van der Waals surface area contributed by atoms with E-state index < -0.39 is 11.6 Å². The molecule has 2 aromatic carbocycles. The van der Waals surface area contributed by atoms with E-state index >= 15 is 0 Å². The molecule has 1 heterocycles. The summed E-state index contributed by atoms with van der Waals surface area (Å²) in [6, 6.07) is 9.75. The van der Waals surface area contributed by atoms with Crippen LogP contribution in [-0.2, 0) is 4.79 Å². The Labute approximate surface area is 165 Å². The van der Waals surface area contributed by atoms with Crippen molar-refractivity contribution in [1.82, 2.24) is 10.2 Å². The second-order valence-corrected chi connectivity index (χ2v) is 7.19. The molecule has 0 aliphatic carbocycles. The van der Waals surface area contributed by atoms with E-state index in [-0.39, 0.29) is 22.4 Å². The largest absolute Gasteiger partial charge is 0.411 e. The Bertz CT molecular complexity index is 1050. The van der Waals surface area contributed by atoms with Gasteiger partial charge in [-0.1, -0.05) is 17.8 Å². The minimum atomic E-state index is -0.696. The van der Waals surface area contributed by atoms with Gasteiger partial charge in [0.05, 0.1) is 11.3 Å². The van der Waals surface area contributed by atoms with Crippen LogP contribution in [0.2, 0.25) is 0 Å². The molecule has 0 saturated carbocycles. The first-order valence-electron chi connectivity index (χ1n) is 8.48. The van der Waals surface area contributed by atoms with Gasteiger partial charge in [0.1, 0.15) is 5.82 Å². The van der Waals surface area contributed by atoms with Crippen LogP contribution >= 0.6 is 11.8 Å². The topological polar surface area (TPSA) is 85.1 Å². The van der Waals surface area contributed by atoms with Crippen molar-refractivity contribution in [2.75, 3.05) is 11.1 Å². The van der Waals surface area contributed by atoms with E-state index in [1.54, 1.807) is 0 Å². The van der Waals surface area contributed by atoms with Crippen molar-refractivity contribution in [2.45, 2.75) is 26.0 Å². The first kappa shape index (κ1) is 19.8. The van der Waals surface area contributed by atoms with E-state index in [2.05, 4.69) is 15.5 Å². The zero-order valence-corrected chi connectivity index (χ0v) is 16.4. The predicted molar refractivity (Wildman–Crippen MR) is 105 cm³/mol. The van der Waals surface area contributed by atoms with Crippen LogP contribution in [0.25, 0.3) is 11.5 Å². The van der Waals surface area contributed by atoms with Gasteiger partial charge in [-0.05, 0) is 55.3 Å². The average Bonchev–Trinajstić information content (AvgIpc) is 3.10. The average molecular weight is 399 g/mol. The van der Waals surface area contributed by atoms with E-state index in [0.717, 1.165) is 34.5 Å². The van der Waals surface area contributed by atoms with Gasteiger partial charge in [0, 0.05) is 18.2 Å². The number of aromatic nitrogens is 2. The maximum Gasteiger partial charge on any atom is 0.277 e. The third-order valence-corrected chi connectivity index (χ3v) is 4.90. The van der Waals surface area contributed by atoms with Crippen molar-refractivity contribution in [1.29, 1.82) is 0 Å². The Morgan fingerprint density at radius 1 is 1.11 bits per heavy atom. The van der Waals surface area contributed by atoms with Crippen LogP contribution in [0.5, 0.6) is 0 Å². The SMILES string of the molecule is CC(=O)Nc1ccc(C(=O)CSc2nnc(-c3ccc(C)c(C)c3)o2)c(F)c1. The molecule has 0 aliphatic rings. The third-order valence-electron chi connectivity index (χ3n) is 4.08. The van der Waals surface area contributed by atoms with Crippen LogP contribution in [0.15, 0.2) is 46.0 Å². The molecule has 0 spiro atoms. The van der Waals surface area contributed by atoms with Gasteiger partial charge in [-0.3, -0.25) is 9.59 Å². The molecule has 0 unspecified atom stereocenters. The number of amides is 1. The lowest BCUT2D eigenvalue weighted by atomic mass is 10.1. The van der Waals surface area contributed by atoms with Crippen LogP contribution in [0.3, 0.4) is 0 Å². The number of ketones is 1. The summed E-state index contributed by atoms with van der Waals surface area (Å²) in [4.78, 5) is 23.3. The number of thioether (sulfide) groups is 1. The molecule has 8 heteroatoms. The van der Waals surface area contributed by atoms with Crippen LogP contribution in [0.4, 0.5) is 10.1 Å². The molecular formula is C20H18FN3O3S. The van der Waals surface area contributed by atoms with Crippen molar-refractivity contribution in [3.63, 3.8) is 0 Å². The molecule has 144 valence electrons. The molecular weight excluding hydrogens is 381 g/mol. The molecule has 3 rings (SSSR count). The number of nitrogens with zero attached hydrogens (tertiary/aromatic N) is 2. The van der Waals surface area contributed by atoms with Gasteiger partial charge in [0.2, 0.25) is 11.8 Å². The fraction of sp³-hybridized carbons (Fsp3) is 0.200. The fourth-order valence-electron chi connectivity index (χ4n) is 2.49. The summed E-state index contributed by atoms with van der Waals surface area (Å²) in [6.45, 7) is 5.33. The Kier molecular flexibility index (Phi) is 5.89. The number of Topliss-reactive ketones (excluding diaryl/α,β-unsaturated/α-hetero) is 1. The van der Waals surface area contributed by atoms with E-state index in [9.17, 15) is 14.0 Å².